The van der Waals surface area contributed by atoms with E-state index >= 15 is 0 Å². The van der Waals surface area contributed by atoms with Crippen LogP contribution in [-0.2, 0) is 14.3 Å². The van der Waals surface area contributed by atoms with Crippen molar-refractivity contribution in [3.05, 3.63) is 0 Å². The van der Waals surface area contributed by atoms with Crippen molar-refractivity contribution in [3.63, 3.8) is 0 Å². The molecule has 0 aromatic carbocycles. The molecule has 1 heterocycles. The standard InChI is InChI=1S/C9H15NO3/c1-4-6-7(10-8(6)11)5(2)9(12)13-3/h5-7H,4H2,1-3H3,(H,10,11). The molecule has 1 aliphatic rings. The van der Waals surface area contributed by atoms with Crippen LogP contribution in [0, 0.1) is 11.8 Å². The average Bonchev–Trinajstić information content (AvgIpc) is 2.12. The fraction of sp³-hybridized carbons (Fsp3) is 0.778. The maximum Gasteiger partial charge on any atom is 0.310 e. The molecule has 3 atom stereocenters. The minimum Gasteiger partial charge on any atom is -0.469 e. The third-order valence-corrected chi connectivity index (χ3v) is 2.63. The van der Waals surface area contributed by atoms with Crippen molar-refractivity contribution < 1.29 is 14.3 Å². The van der Waals surface area contributed by atoms with E-state index in [-0.39, 0.29) is 29.8 Å². The molecule has 1 saturated heterocycles. The van der Waals surface area contributed by atoms with Gasteiger partial charge in [0.2, 0.25) is 5.91 Å². The fourth-order valence-electron chi connectivity index (χ4n) is 1.68. The SMILES string of the molecule is CCC1C(=O)NC1C(C)C(=O)OC. The number of carbonyl (C=O) groups excluding carboxylic acids is 2. The Labute approximate surface area is 77.6 Å². The first kappa shape index (κ1) is 10.0. The lowest BCUT2D eigenvalue weighted by atomic mass is 9.80. The summed E-state index contributed by atoms with van der Waals surface area (Å²) < 4.78 is 4.61. The molecule has 4 heteroatoms. The maximum atomic E-state index is 11.1. The van der Waals surface area contributed by atoms with Gasteiger partial charge in [0.05, 0.1) is 25.0 Å². The summed E-state index contributed by atoms with van der Waals surface area (Å²) in [5.74, 6) is -0.478. The number of amides is 1. The number of methoxy groups -OCH3 is 1. The van der Waals surface area contributed by atoms with Gasteiger partial charge in [0.1, 0.15) is 0 Å². The van der Waals surface area contributed by atoms with Gasteiger partial charge in [0.15, 0.2) is 0 Å². The van der Waals surface area contributed by atoms with Gasteiger partial charge in [-0.15, -0.1) is 0 Å². The van der Waals surface area contributed by atoms with E-state index in [0.717, 1.165) is 6.42 Å². The van der Waals surface area contributed by atoms with Crippen molar-refractivity contribution in [3.8, 4) is 0 Å². The molecular formula is C9H15NO3. The maximum absolute atomic E-state index is 11.1. The fourth-order valence-corrected chi connectivity index (χ4v) is 1.68. The number of hydrogen-bond donors (Lipinski definition) is 1. The molecule has 1 rings (SSSR count). The van der Waals surface area contributed by atoms with Crippen LogP contribution in [0.15, 0.2) is 0 Å². The number of esters is 1. The lowest BCUT2D eigenvalue weighted by Crippen LogP contribution is -2.62. The van der Waals surface area contributed by atoms with Gasteiger partial charge in [0, 0.05) is 0 Å². The van der Waals surface area contributed by atoms with Crippen LogP contribution in [0.1, 0.15) is 20.3 Å². The predicted molar refractivity (Wildman–Crippen MR) is 46.9 cm³/mol. The second kappa shape index (κ2) is 3.77. The monoisotopic (exact) mass is 185 g/mol. The van der Waals surface area contributed by atoms with E-state index in [1.807, 2.05) is 6.92 Å². The Morgan fingerprint density at radius 2 is 2.31 bits per heavy atom. The molecule has 0 aliphatic carbocycles. The Bertz CT molecular complexity index is 227. The predicted octanol–water partition coefficient (Wildman–Crippen LogP) is 0.320. The molecule has 13 heavy (non-hydrogen) atoms. The Balaban J connectivity index is 2.54. The number of β-lactam (4-membered cyclic amide) rings is 1. The summed E-state index contributed by atoms with van der Waals surface area (Å²) in [6, 6.07) is -0.0371. The molecular weight excluding hydrogens is 170 g/mol. The van der Waals surface area contributed by atoms with Gasteiger partial charge in [0.25, 0.3) is 0 Å². The molecule has 74 valence electrons. The quantitative estimate of drug-likeness (QED) is 0.509. The normalized spacial score (nSPS) is 28.7. The summed E-state index contributed by atoms with van der Waals surface area (Å²) in [5.41, 5.74) is 0. The molecule has 1 amide bonds. The molecule has 3 unspecified atom stereocenters. The second-order valence-corrected chi connectivity index (χ2v) is 3.36. The van der Waals surface area contributed by atoms with Crippen molar-refractivity contribution in [2.45, 2.75) is 26.3 Å². The molecule has 0 saturated carbocycles. The molecule has 0 bridgehead atoms. The van der Waals surface area contributed by atoms with Crippen molar-refractivity contribution in [1.82, 2.24) is 5.32 Å². The number of hydrogen-bond acceptors (Lipinski definition) is 3. The Kier molecular flexibility index (Phi) is 2.90. The highest BCUT2D eigenvalue weighted by Crippen LogP contribution is 2.25. The molecule has 0 aromatic heterocycles. The highest BCUT2D eigenvalue weighted by Gasteiger charge is 2.43. The van der Waals surface area contributed by atoms with E-state index in [1.165, 1.54) is 7.11 Å². The zero-order chi connectivity index (χ0) is 10.0. The van der Waals surface area contributed by atoms with Gasteiger partial charge < -0.3 is 10.1 Å². The van der Waals surface area contributed by atoms with E-state index in [2.05, 4.69) is 10.1 Å². The highest BCUT2D eigenvalue weighted by molar-refractivity contribution is 5.88. The largest absolute Gasteiger partial charge is 0.469 e. The molecule has 1 aliphatic heterocycles. The molecule has 1 N–H and O–H groups in total. The van der Waals surface area contributed by atoms with Crippen LogP contribution >= 0.6 is 0 Å². The van der Waals surface area contributed by atoms with Gasteiger partial charge in [-0.25, -0.2) is 0 Å². The molecule has 4 nitrogen and oxygen atoms in total. The third kappa shape index (κ3) is 1.66. The van der Waals surface area contributed by atoms with Crippen LogP contribution in [0.5, 0.6) is 0 Å². The smallest absolute Gasteiger partial charge is 0.310 e. The summed E-state index contributed by atoms with van der Waals surface area (Å²) in [6.07, 6.45) is 0.776. The minimum atomic E-state index is -0.261. The van der Waals surface area contributed by atoms with Gasteiger partial charge in [-0.3, -0.25) is 9.59 Å². The number of ether oxygens (including phenoxy) is 1. The first-order valence-electron chi connectivity index (χ1n) is 4.50. The summed E-state index contributed by atoms with van der Waals surface area (Å²) >= 11 is 0. The first-order chi connectivity index (χ1) is 6.11. The summed E-state index contributed by atoms with van der Waals surface area (Å²) in [6.45, 7) is 3.72. The van der Waals surface area contributed by atoms with Crippen LogP contribution in [0.3, 0.4) is 0 Å². The Morgan fingerprint density at radius 1 is 1.69 bits per heavy atom. The highest BCUT2D eigenvalue weighted by atomic mass is 16.5. The Hall–Kier alpha value is -1.06. The van der Waals surface area contributed by atoms with Crippen molar-refractivity contribution in [2.75, 3.05) is 7.11 Å². The van der Waals surface area contributed by atoms with Gasteiger partial charge in [-0.1, -0.05) is 6.92 Å². The van der Waals surface area contributed by atoms with E-state index in [4.69, 9.17) is 0 Å². The van der Waals surface area contributed by atoms with Crippen molar-refractivity contribution >= 4 is 11.9 Å². The summed E-state index contributed by atoms with van der Waals surface area (Å²) in [5, 5.41) is 2.72. The minimum absolute atomic E-state index is 0.0194. The van der Waals surface area contributed by atoms with Gasteiger partial charge in [-0.05, 0) is 13.3 Å². The molecule has 0 spiro atoms. The number of carbonyl (C=O) groups is 2. The topological polar surface area (TPSA) is 55.4 Å². The Morgan fingerprint density at radius 3 is 2.69 bits per heavy atom. The van der Waals surface area contributed by atoms with E-state index in [0.29, 0.717) is 0 Å². The number of rotatable bonds is 3. The van der Waals surface area contributed by atoms with Crippen LogP contribution in [0.2, 0.25) is 0 Å². The summed E-state index contributed by atoms with van der Waals surface area (Å²) in [7, 11) is 1.36. The summed E-state index contributed by atoms with van der Waals surface area (Å²) in [4.78, 5) is 22.2. The van der Waals surface area contributed by atoms with E-state index in [9.17, 15) is 9.59 Å². The molecule has 0 aromatic rings. The van der Waals surface area contributed by atoms with Gasteiger partial charge in [-0.2, -0.15) is 0 Å². The van der Waals surface area contributed by atoms with Crippen LogP contribution in [0.25, 0.3) is 0 Å². The zero-order valence-corrected chi connectivity index (χ0v) is 8.16. The zero-order valence-electron chi connectivity index (χ0n) is 8.16. The number of nitrogens with one attached hydrogen (secondary N) is 1. The second-order valence-electron chi connectivity index (χ2n) is 3.36. The first-order valence-corrected chi connectivity index (χ1v) is 4.50. The average molecular weight is 185 g/mol. The van der Waals surface area contributed by atoms with E-state index < -0.39 is 0 Å². The van der Waals surface area contributed by atoms with E-state index in [1.54, 1.807) is 6.92 Å². The molecule has 0 radical (unpaired) electrons. The van der Waals surface area contributed by atoms with Crippen LogP contribution in [-0.4, -0.2) is 25.0 Å². The van der Waals surface area contributed by atoms with Crippen molar-refractivity contribution in [2.24, 2.45) is 11.8 Å². The lowest BCUT2D eigenvalue weighted by Gasteiger charge is -2.38. The molecule has 1 fully saturated rings. The van der Waals surface area contributed by atoms with Crippen LogP contribution in [0.4, 0.5) is 0 Å². The van der Waals surface area contributed by atoms with Crippen LogP contribution < -0.4 is 5.32 Å². The van der Waals surface area contributed by atoms with Gasteiger partial charge >= 0.3 is 5.97 Å². The lowest BCUT2D eigenvalue weighted by molar-refractivity contribution is -0.151. The third-order valence-electron chi connectivity index (χ3n) is 2.63. The van der Waals surface area contributed by atoms with Crippen molar-refractivity contribution in [1.29, 1.82) is 0 Å².